The molecular weight excluding hydrogens is 240 g/mol. The molecule has 20 heavy (non-hydrogen) atoms. The van der Waals surface area contributed by atoms with Crippen molar-refractivity contribution in [2.75, 3.05) is 0 Å². The first-order valence-corrected chi connectivity index (χ1v) is 7.30. The second-order valence-electron chi connectivity index (χ2n) is 5.72. The second-order valence-corrected chi connectivity index (χ2v) is 5.72. The average Bonchev–Trinajstić information content (AvgIpc) is 2.44. The van der Waals surface area contributed by atoms with E-state index in [4.69, 9.17) is 0 Å². The van der Waals surface area contributed by atoms with Crippen molar-refractivity contribution in [3.05, 3.63) is 76.4 Å². The van der Waals surface area contributed by atoms with Crippen molar-refractivity contribution in [1.29, 1.82) is 0 Å². The van der Waals surface area contributed by atoms with E-state index < -0.39 is 0 Å². The first-order valence-electron chi connectivity index (χ1n) is 7.30. The van der Waals surface area contributed by atoms with Gasteiger partial charge in [-0.1, -0.05) is 43.0 Å². The minimum Gasteiger partial charge on any atom is -0.0952 e. The number of allylic oxidation sites excluding steroid dienone is 1. The van der Waals surface area contributed by atoms with Gasteiger partial charge in [-0.15, -0.1) is 0 Å². The van der Waals surface area contributed by atoms with Crippen LogP contribution in [-0.4, -0.2) is 0 Å². The number of benzene rings is 2. The first kappa shape index (κ1) is 14.6. The normalized spacial score (nSPS) is 10.6. The fourth-order valence-electron chi connectivity index (χ4n) is 2.89. The van der Waals surface area contributed by atoms with Crippen LogP contribution in [0.25, 0.3) is 5.57 Å². The molecule has 2 aromatic carbocycles. The van der Waals surface area contributed by atoms with Gasteiger partial charge >= 0.3 is 0 Å². The highest BCUT2D eigenvalue weighted by molar-refractivity contribution is 5.71. The van der Waals surface area contributed by atoms with Gasteiger partial charge in [-0.05, 0) is 79.5 Å². The van der Waals surface area contributed by atoms with Crippen LogP contribution in [0.1, 0.15) is 39.8 Å². The van der Waals surface area contributed by atoms with Crippen LogP contribution >= 0.6 is 0 Å². The third-order valence-corrected chi connectivity index (χ3v) is 4.27. The second kappa shape index (κ2) is 6.09. The Balaban J connectivity index is 2.20. The molecule has 2 rings (SSSR count). The predicted octanol–water partition coefficient (Wildman–Crippen LogP) is 5.57. The first-order chi connectivity index (χ1) is 9.50. The van der Waals surface area contributed by atoms with E-state index in [0.717, 1.165) is 12.8 Å². The molecule has 0 spiro atoms. The van der Waals surface area contributed by atoms with Crippen molar-refractivity contribution in [3.8, 4) is 0 Å². The highest BCUT2D eigenvalue weighted by atomic mass is 14.2. The molecule has 0 fully saturated rings. The van der Waals surface area contributed by atoms with E-state index >= 15 is 0 Å². The Labute approximate surface area is 123 Å². The lowest BCUT2D eigenvalue weighted by Gasteiger charge is -2.17. The third-order valence-electron chi connectivity index (χ3n) is 4.27. The molecule has 0 saturated carbocycles. The van der Waals surface area contributed by atoms with Crippen LogP contribution in [0.15, 0.2) is 43.0 Å². The summed E-state index contributed by atoms with van der Waals surface area (Å²) in [7, 11) is 0. The van der Waals surface area contributed by atoms with E-state index in [-0.39, 0.29) is 0 Å². The number of aryl methyl sites for hydroxylation is 3. The Kier molecular flexibility index (Phi) is 4.44. The third kappa shape index (κ3) is 3.01. The molecule has 0 heterocycles. The highest BCUT2D eigenvalue weighted by Crippen LogP contribution is 2.29. The van der Waals surface area contributed by atoms with Crippen LogP contribution in [-0.2, 0) is 6.42 Å². The summed E-state index contributed by atoms with van der Waals surface area (Å²) in [4.78, 5) is 0. The van der Waals surface area contributed by atoms with Gasteiger partial charge in [0.2, 0.25) is 0 Å². The van der Waals surface area contributed by atoms with E-state index in [9.17, 15) is 0 Å². The van der Waals surface area contributed by atoms with Crippen molar-refractivity contribution in [1.82, 2.24) is 0 Å². The molecule has 104 valence electrons. The average molecular weight is 264 g/mol. The van der Waals surface area contributed by atoms with E-state index in [1.54, 1.807) is 0 Å². The molecule has 0 unspecified atom stereocenters. The van der Waals surface area contributed by atoms with Gasteiger partial charge in [-0.25, -0.2) is 0 Å². The maximum atomic E-state index is 4.33. The van der Waals surface area contributed by atoms with Crippen molar-refractivity contribution in [3.63, 3.8) is 0 Å². The smallest absolute Gasteiger partial charge is 0.0169 e. The SMILES string of the molecule is C=C(CCc1ccccc1)c1c(C)cc(C)c(C)c1C. The molecule has 0 atom stereocenters. The molecule has 0 heteroatoms. The molecule has 0 nitrogen and oxygen atoms in total. The Hall–Kier alpha value is -1.82. The van der Waals surface area contributed by atoms with Crippen molar-refractivity contribution in [2.45, 2.75) is 40.5 Å². The highest BCUT2D eigenvalue weighted by Gasteiger charge is 2.10. The molecule has 0 aromatic heterocycles. The Morgan fingerprint density at radius 1 is 0.900 bits per heavy atom. The standard InChI is InChI=1S/C20H24/c1-14(11-12-19-9-7-6-8-10-19)20-16(3)13-15(2)17(4)18(20)5/h6-10,13H,1,11-12H2,2-5H3. The molecule has 0 amide bonds. The summed E-state index contributed by atoms with van der Waals surface area (Å²) < 4.78 is 0. The predicted molar refractivity (Wildman–Crippen MR) is 89.2 cm³/mol. The van der Waals surface area contributed by atoms with Crippen LogP contribution in [0.5, 0.6) is 0 Å². The van der Waals surface area contributed by atoms with Crippen molar-refractivity contribution < 1.29 is 0 Å². The fourth-order valence-corrected chi connectivity index (χ4v) is 2.89. The zero-order valence-electron chi connectivity index (χ0n) is 13.1. The fraction of sp³-hybridized carbons (Fsp3) is 0.300. The molecular formula is C20H24. The molecule has 0 saturated heterocycles. The molecule has 0 aliphatic heterocycles. The van der Waals surface area contributed by atoms with Gasteiger partial charge in [0.25, 0.3) is 0 Å². The summed E-state index contributed by atoms with van der Waals surface area (Å²) in [5.41, 5.74) is 9.51. The summed E-state index contributed by atoms with van der Waals surface area (Å²) in [6, 6.07) is 12.9. The van der Waals surface area contributed by atoms with Crippen molar-refractivity contribution >= 4 is 5.57 Å². The summed E-state index contributed by atoms with van der Waals surface area (Å²) in [5, 5.41) is 0. The summed E-state index contributed by atoms with van der Waals surface area (Å²) >= 11 is 0. The quantitative estimate of drug-likeness (QED) is 0.677. The van der Waals surface area contributed by atoms with Crippen LogP contribution in [0.3, 0.4) is 0 Å². The monoisotopic (exact) mass is 264 g/mol. The van der Waals surface area contributed by atoms with Gasteiger partial charge < -0.3 is 0 Å². The Morgan fingerprint density at radius 3 is 2.20 bits per heavy atom. The Bertz CT molecular complexity index is 618. The van der Waals surface area contributed by atoms with Gasteiger partial charge in [0.1, 0.15) is 0 Å². The maximum Gasteiger partial charge on any atom is -0.0169 e. The van der Waals surface area contributed by atoms with Crippen LogP contribution in [0.4, 0.5) is 0 Å². The van der Waals surface area contributed by atoms with Crippen LogP contribution in [0, 0.1) is 27.7 Å². The van der Waals surface area contributed by atoms with E-state index in [2.05, 4.69) is 70.7 Å². The minimum atomic E-state index is 1.02. The van der Waals surface area contributed by atoms with E-state index in [1.807, 2.05) is 0 Å². The van der Waals surface area contributed by atoms with Gasteiger partial charge in [0.15, 0.2) is 0 Å². The van der Waals surface area contributed by atoms with E-state index in [1.165, 1.54) is 39.0 Å². The zero-order chi connectivity index (χ0) is 14.7. The number of hydrogen-bond donors (Lipinski definition) is 0. The lowest BCUT2D eigenvalue weighted by atomic mass is 9.88. The molecule has 0 radical (unpaired) electrons. The summed E-state index contributed by atoms with van der Waals surface area (Å²) in [6.07, 6.45) is 2.08. The lowest BCUT2D eigenvalue weighted by Crippen LogP contribution is -1.99. The molecule has 0 aliphatic rings. The van der Waals surface area contributed by atoms with Crippen molar-refractivity contribution in [2.24, 2.45) is 0 Å². The van der Waals surface area contributed by atoms with E-state index in [0.29, 0.717) is 0 Å². The summed E-state index contributed by atoms with van der Waals surface area (Å²) in [6.45, 7) is 13.1. The lowest BCUT2D eigenvalue weighted by molar-refractivity contribution is 1.01. The zero-order valence-corrected chi connectivity index (χ0v) is 13.1. The molecule has 0 N–H and O–H groups in total. The van der Waals surface area contributed by atoms with Crippen LogP contribution in [0.2, 0.25) is 0 Å². The van der Waals surface area contributed by atoms with Crippen LogP contribution < -0.4 is 0 Å². The molecule has 2 aromatic rings. The Morgan fingerprint density at radius 2 is 1.55 bits per heavy atom. The minimum absolute atomic E-state index is 1.02. The van der Waals surface area contributed by atoms with Gasteiger partial charge in [-0.3, -0.25) is 0 Å². The molecule has 0 bridgehead atoms. The topological polar surface area (TPSA) is 0 Å². The van der Waals surface area contributed by atoms with Gasteiger partial charge in [0.05, 0.1) is 0 Å². The maximum absolute atomic E-state index is 4.33. The van der Waals surface area contributed by atoms with Gasteiger partial charge in [0, 0.05) is 0 Å². The molecule has 0 aliphatic carbocycles. The largest absolute Gasteiger partial charge is 0.0952 e. The van der Waals surface area contributed by atoms with Gasteiger partial charge in [-0.2, -0.15) is 0 Å². The summed E-state index contributed by atoms with van der Waals surface area (Å²) in [5.74, 6) is 0. The number of rotatable bonds is 4. The number of hydrogen-bond acceptors (Lipinski definition) is 0.